The summed E-state index contributed by atoms with van der Waals surface area (Å²) in [6.07, 6.45) is 3.16. The van der Waals surface area contributed by atoms with Crippen LogP contribution in [-0.4, -0.2) is 15.4 Å². The topological polar surface area (TPSA) is 94.2 Å². The van der Waals surface area contributed by atoms with Crippen molar-refractivity contribution in [1.82, 2.24) is 15.0 Å². The molecule has 0 amide bonds. The van der Waals surface area contributed by atoms with Gasteiger partial charge >= 0.3 is 0 Å². The second kappa shape index (κ2) is 9.58. The Morgan fingerprint density at radius 1 is 1.17 bits per heavy atom. The van der Waals surface area contributed by atoms with Crippen LogP contribution in [0, 0.1) is 6.92 Å². The minimum Gasteiger partial charge on any atom is -0.326 e. The van der Waals surface area contributed by atoms with Crippen LogP contribution in [0.3, 0.4) is 0 Å². The molecule has 0 aliphatic heterocycles. The average molecular weight is 411 g/mol. The molecule has 0 radical (unpaired) electrons. The second-order valence-electron chi connectivity index (χ2n) is 6.96. The molecule has 29 heavy (non-hydrogen) atoms. The minimum absolute atomic E-state index is 0.439. The van der Waals surface area contributed by atoms with Crippen LogP contribution >= 0.6 is 11.6 Å². The lowest BCUT2D eigenvalue weighted by molar-refractivity contribution is 0.667. The number of hydrazine groups is 1. The van der Waals surface area contributed by atoms with E-state index in [2.05, 4.69) is 51.3 Å². The van der Waals surface area contributed by atoms with E-state index in [9.17, 15) is 0 Å². The van der Waals surface area contributed by atoms with Crippen LogP contribution in [0.1, 0.15) is 42.4 Å². The summed E-state index contributed by atoms with van der Waals surface area (Å²) in [6, 6.07) is 16.3. The lowest BCUT2D eigenvalue weighted by Gasteiger charge is -2.13. The van der Waals surface area contributed by atoms with Crippen molar-refractivity contribution in [2.45, 2.75) is 39.7 Å². The zero-order chi connectivity index (χ0) is 20.8. The van der Waals surface area contributed by atoms with Gasteiger partial charge in [0.2, 0.25) is 0 Å². The first-order chi connectivity index (χ1) is 14.1. The van der Waals surface area contributed by atoms with E-state index in [1.54, 1.807) is 0 Å². The third-order valence-electron chi connectivity index (χ3n) is 5.05. The van der Waals surface area contributed by atoms with Crippen LogP contribution in [0.15, 0.2) is 53.6 Å². The minimum atomic E-state index is 0.439. The highest BCUT2D eigenvalue weighted by Gasteiger charge is 2.13. The number of halogens is 1. The second-order valence-corrected chi connectivity index (χ2v) is 7.32. The first-order valence-electron chi connectivity index (χ1n) is 9.73. The number of amidine groups is 1. The highest BCUT2D eigenvalue weighted by Crippen LogP contribution is 2.25. The summed E-state index contributed by atoms with van der Waals surface area (Å²) in [7, 11) is 0. The van der Waals surface area contributed by atoms with Gasteiger partial charge in [-0.1, -0.05) is 73.5 Å². The normalized spacial score (nSPS) is 11.7. The first-order valence-corrected chi connectivity index (χ1v) is 10.1. The van der Waals surface area contributed by atoms with E-state index in [1.807, 2.05) is 31.2 Å². The van der Waals surface area contributed by atoms with Crippen LogP contribution in [0.25, 0.3) is 11.1 Å². The molecule has 152 valence electrons. The van der Waals surface area contributed by atoms with Gasteiger partial charge in [0.1, 0.15) is 11.0 Å². The molecule has 2 aromatic carbocycles. The molecular weight excluding hydrogens is 384 g/mol. The molecule has 0 bridgehead atoms. The van der Waals surface area contributed by atoms with E-state index < -0.39 is 0 Å². The number of nitrogens with one attached hydrogen (secondary N) is 1. The van der Waals surface area contributed by atoms with E-state index in [1.165, 1.54) is 5.56 Å². The third kappa shape index (κ3) is 4.60. The smallest absolute Gasteiger partial charge is 0.167 e. The number of aryl methyl sites for hydroxylation is 1. The Balaban J connectivity index is 1.88. The maximum atomic E-state index is 6.29. The summed E-state index contributed by atoms with van der Waals surface area (Å²) in [4.78, 5) is 4.54. The number of hydrogen-bond donors (Lipinski definition) is 3. The standard InChI is InChI=1S/C22H27ClN6/c1-3-4-9-20-26-21(23)15(2)29(20)14-16-10-12-17(13-11-16)18-7-5-6-8-19(18)22(27-24)28-25/h5-8,10-13H,3-4,9,14,24-25H2,1-2H3,(H,27,28). The summed E-state index contributed by atoms with van der Waals surface area (Å²) in [5, 5.41) is 4.33. The van der Waals surface area contributed by atoms with Gasteiger partial charge in [0.25, 0.3) is 0 Å². The van der Waals surface area contributed by atoms with Crippen molar-refractivity contribution in [2.24, 2.45) is 16.8 Å². The monoisotopic (exact) mass is 410 g/mol. The SMILES string of the molecule is CCCCc1nc(Cl)c(C)n1Cc1ccc(-c2ccccc2C(=NN)NN)cc1. The molecule has 3 rings (SSSR count). The highest BCUT2D eigenvalue weighted by molar-refractivity contribution is 6.30. The van der Waals surface area contributed by atoms with Crippen molar-refractivity contribution in [3.63, 3.8) is 0 Å². The van der Waals surface area contributed by atoms with Gasteiger partial charge in [-0.25, -0.2) is 10.8 Å². The van der Waals surface area contributed by atoms with Crippen LogP contribution < -0.4 is 17.1 Å². The Kier molecular flexibility index (Phi) is 6.90. The Morgan fingerprint density at radius 2 is 1.90 bits per heavy atom. The van der Waals surface area contributed by atoms with Gasteiger partial charge in [0.15, 0.2) is 5.84 Å². The predicted octanol–water partition coefficient (Wildman–Crippen LogP) is 3.99. The molecule has 0 spiro atoms. The first kappa shape index (κ1) is 20.9. The van der Waals surface area contributed by atoms with Crippen molar-refractivity contribution in [3.8, 4) is 11.1 Å². The number of nitrogens with two attached hydrogens (primary N) is 2. The lowest BCUT2D eigenvalue weighted by atomic mass is 9.98. The van der Waals surface area contributed by atoms with E-state index in [0.29, 0.717) is 11.0 Å². The Hall–Kier alpha value is -2.83. The molecule has 0 aliphatic carbocycles. The van der Waals surface area contributed by atoms with E-state index in [0.717, 1.165) is 54.0 Å². The molecule has 5 N–H and O–H groups in total. The molecule has 0 saturated heterocycles. The van der Waals surface area contributed by atoms with Crippen molar-refractivity contribution >= 4 is 17.4 Å². The molecule has 7 heteroatoms. The van der Waals surface area contributed by atoms with Crippen LogP contribution in [0.2, 0.25) is 5.15 Å². The summed E-state index contributed by atoms with van der Waals surface area (Å²) in [5.74, 6) is 12.5. The average Bonchev–Trinajstić information content (AvgIpc) is 3.02. The molecule has 3 aromatic rings. The van der Waals surface area contributed by atoms with E-state index in [-0.39, 0.29) is 0 Å². The number of aromatic nitrogens is 2. The highest BCUT2D eigenvalue weighted by atomic mass is 35.5. The molecule has 0 aliphatic rings. The van der Waals surface area contributed by atoms with Crippen molar-refractivity contribution in [2.75, 3.05) is 0 Å². The van der Waals surface area contributed by atoms with Crippen LogP contribution in [0.4, 0.5) is 0 Å². The maximum absolute atomic E-state index is 6.29. The Bertz CT molecular complexity index is 991. The molecular formula is C22H27ClN6. The van der Waals surface area contributed by atoms with Gasteiger partial charge in [-0.2, -0.15) is 5.10 Å². The zero-order valence-electron chi connectivity index (χ0n) is 16.8. The summed E-state index contributed by atoms with van der Waals surface area (Å²) in [5.41, 5.74) is 7.67. The fourth-order valence-corrected chi connectivity index (χ4v) is 3.59. The van der Waals surface area contributed by atoms with Crippen molar-refractivity contribution in [3.05, 3.63) is 76.3 Å². The fourth-order valence-electron chi connectivity index (χ4n) is 3.39. The van der Waals surface area contributed by atoms with Gasteiger partial charge < -0.3 is 15.8 Å². The Labute approximate surface area is 176 Å². The van der Waals surface area contributed by atoms with E-state index >= 15 is 0 Å². The van der Waals surface area contributed by atoms with Crippen molar-refractivity contribution < 1.29 is 0 Å². The van der Waals surface area contributed by atoms with Gasteiger partial charge in [-0.05, 0) is 30.0 Å². The zero-order valence-corrected chi connectivity index (χ0v) is 17.6. The number of hydrogen-bond acceptors (Lipinski definition) is 4. The number of nitrogens with zero attached hydrogens (tertiary/aromatic N) is 3. The molecule has 0 fully saturated rings. The van der Waals surface area contributed by atoms with Crippen molar-refractivity contribution in [1.29, 1.82) is 0 Å². The molecule has 6 nitrogen and oxygen atoms in total. The van der Waals surface area contributed by atoms with E-state index in [4.69, 9.17) is 23.3 Å². The Morgan fingerprint density at radius 3 is 2.55 bits per heavy atom. The van der Waals surface area contributed by atoms with Gasteiger partial charge in [-0.15, -0.1) is 0 Å². The van der Waals surface area contributed by atoms with Gasteiger partial charge in [-0.3, -0.25) is 0 Å². The van der Waals surface area contributed by atoms with Gasteiger partial charge in [0, 0.05) is 18.5 Å². The summed E-state index contributed by atoms with van der Waals surface area (Å²) < 4.78 is 2.21. The quantitative estimate of drug-likeness (QED) is 0.237. The van der Waals surface area contributed by atoms with Crippen LogP contribution in [0.5, 0.6) is 0 Å². The van der Waals surface area contributed by atoms with Gasteiger partial charge in [0.05, 0.1) is 5.69 Å². The molecule has 1 aromatic heterocycles. The summed E-state index contributed by atoms with van der Waals surface area (Å²) >= 11 is 6.29. The number of hydrazone groups is 1. The lowest BCUT2D eigenvalue weighted by Crippen LogP contribution is -2.32. The molecule has 0 unspecified atom stereocenters. The molecule has 0 saturated carbocycles. The largest absolute Gasteiger partial charge is 0.326 e. The predicted molar refractivity (Wildman–Crippen MR) is 120 cm³/mol. The maximum Gasteiger partial charge on any atom is 0.167 e. The molecule has 1 heterocycles. The van der Waals surface area contributed by atoms with Crippen LogP contribution in [-0.2, 0) is 13.0 Å². The number of rotatable bonds is 7. The number of unbranched alkanes of at least 4 members (excludes halogenated alkanes) is 1. The molecule has 0 atom stereocenters. The fraction of sp³-hybridized carbons (Fsp3) is 0.273. The number of imidazole rings is 1. The third-order valence-corrected chi connectivity index (χ3v) is 5.41. The number of benzene rings is 2. The summed E-state index contributed by atoms with van der Waals surface area (Å²) in [6.45, 7) is 4.94.